The molecule has 0 saturated carbocycles. The van der Waals surface area contributed by atoms with Crippen molar-refractivity contribution in [3.63, 3.8) is 0 Å². The summed E-state index contributed by atoms with van der Waals surface area (Å²) < 4.78 is 47.5. The lowest BCUT2D eigenvalue weighted by molar-refractivity contribution is -0.144. The summed E-state index contributed by atoms with van der Waals surface area (Å²) in [6.45, 7) is 8.21. The molecule has 0 bridgehead atoms. The monoisotopic (exact) mass is 524 g/mol. The summed E-state index contributed by atoms with van der Waals surface area (Å²) in [6.07, 6.45) is 0.582. The molecular formula is C26H35F3N4O2S. The lowest BCUT2D eigenvalue weighted by atomic mass is 9.94. The molecular weight excluding hydrogens is 489 g/mol. The van der Waals surface area contributed by atoms with Gasteiger partial charge in [-0.15, -0.1) is 11.8 Å². The van der Waals surface area contributed by atoms with Gasteiger partial charge in [0.1, 0.15) is 0 Å². The van der Waals surface area contributed by atoms with Gasteiger partial charge in [0.05, 0.1) is 18.2 Å². The van der Waals surface area contributed by atoms with Crippen LogP contribution in [-0.4, -0.2) is 59.5 Å². The molecule has 2 aromatic rings. The first-order chi connectivity index (χ1) is 16.8. The number of rotatable bonds is 7. The predicted molar refractivity (Wildman–Crippen MR) is 138 cm³/mol. The number of piperazine rings is 1. The SMILES string of the molecule is COC(C)(C)c1cnc(N2CCN(C)/C(=C\c3ccc(SC)c(CO)c3)C2C(C)C)nc1C(F)(F)F. The van der Waals surface area contributed by atoms with Crippen LogP contribution in [0.4, 0.5) is 19.1 Å². The number of nitrogens with zero attached hydrogens (tertiary/aromatic N) is 4. The van der Waals surface area contributed by atoms with Crippen molar-refractivity contribution in [3.05, 3.63) is 52.5 Å². The summed E-state index contributed by atoms with van der Waals surface area (Å²) in [7, 11) is 3.35. The number of hydrogen-bond donors (Lipinski definition) is 1. The van der Waals surface area contributed by atoms with E-state index in [4.69, 9.17) is 4.74 Å². The summed E-state index contributed by atoms with van der Waals surface area (Å²) in [5, 5.41) is 9.78. The highest BCUT2D eigenvalue weighted by molar-refractivity contribution is 7.98. The Morgan fingerprint density at radius 3 is 2.50 bits per heavy atom. The summed E-state index contributed by atoms with van der Waals surface area (Å²) in [4.78, 5) is 13.4. The molecule has 1 fully saturated rings. The van der Waals surface area contributed by atoms with Gasteiger partial charge in [-0.1, -0.05) is 19.9 Å². The highest BCUT2D eigenvalue weighted by Gasteiger charge is 2.42. The number of hydrogen-bond acceptors (Lipinski definition) is 7. The Bertz CT molecular complexity index is 1110. The Kier molecular flexibility index (Phi) is 8.63. The number of benzene rings is 1. The first kappa shape index (κ1) is 28.3. The molecule has 1 unspecified atom stereocenters. The second-order valence-corrected chi connectivity index (χ2v) is 10.6. The number of aliphatic hydroxyl groups excluding tert-OH is 1. The van der Waals surface area contributed by atoms with E-state index >= 15 is 0 Å². The first-order valence-electron chi connectivity index (χ1n) is 11.8. The number of likely N-dealkylation sites (N-methyl/N-ethyl adjacent to an activating group) is 1. The van der Waals surface area contributed by atoms with Crippen LogP contribution in [-0.2, 0) is 23.1 Å². The lowest BCUT2D eigenvalue weighted by Gasteiger charge is -2.45. The number of methoxy groups -OCH3 is 1. The highest BCUT2D eigenvalue weighted by atomic mass is 32.2. The van der Waals surface area contributed by atoms with Gasteiger partial charge in [0.25, 0.3) is 0 Å². The van der Waals surface area contributed by atoms with E-state index in [-0.39, 0.29) is 30.1 Å². The van der Waals surface area contributed by atoms with Gasteiger partial charge in [-0.2, -0.15) is 13.2 Å². The molecule has 0 amide bonds. The third kappa shape index (κ3) is 5.81. The highest BCUT2D eigenvalue weighted by Crippen LogP contribution is 2.38. The number of thioether (sulfide) groups is 1. The largest absolute Gasteiger partial charge is 0.433 e. The molecule has 6 nitrogen and oxygen atoms in total. The van der Waals surface area contributed by atoms with Gasteiger partial charge >= 0.3 is 6.18 Å². The Hall–Kier alpha value is -2.30. The minimum atomic E-state index is -4.65. The van der Waals surface area contributed by atoms with E-state index in [1.807, 2.05) is 56.3 Å². The quantitative estimate of drug-likeness (QED) is 0.486. The molecule has 0 spiro atoms. The summed E-state index contributed by atoms with van der Waals surface area (Å²) >= 11 is 1.57. The lowest BCUT2D eigenvalue weighted by Crippen LogP contribution is -2.53. The van der Waals surface area contributed by atoms with E-state index < -0.39 is 17.5 Å². The van der Waals surface area contributed by atoms with Crippen LogP contribution in [0.3, 0.4) is 0 Å². The van der Waals surface area contributed by atoms with Crippen molar-refractivity contribution < 1.29 is 23.0 Å². The molecule has 1 aromatic carbocycles. The van der Waals surface area contributed by atoms with E-state index in [1.54, 1.807) is 25.6 Å². The molecule has 2 heterocycles. The fraction of sp³-hybridized carbons (Fsp3) is 0.538. The van der Waals surface area contributed by atoms with E-state index in [2.05, 4.69) is 14.9 Å². The molecule has 0 aliphatic carbocycles. The summed E-state index contributed by atoms with van der Waals surface area (Å²) in [6, 6.07) is 5.66. The van der Waals surface area contributed by atoms with Crippen LogP contribution in [0, 0.1) is 5.92 Å². The van der Waals surface area contributed by atoms with Crippen LogP contribution >= 0.6 is 11.8 Å². The van der Waals surface area contributed by atoms with E-state index in [0.29, 0.717) is 13.1 Å². The molecule has 3 rings (SSSR count). The molecule has 1 aliphatic heterocycles. The van der Waals surface area contributed by atoms with Crippen molar-refractivity contribution >= 4 is 23.8 Å². The molecule has 36 heavy (non-hydrogen) atoms. The third-order valence-corrected chi connectivity index (χ3v) is 7.48. The van der Waals surface area contributed by atoms with Crippen molar-refractivity contribution in [1.82, 2.24) is 14.9 Å². The van der Waals surface area contributed by atoms with Gasteiger partial charge in [-0.25, -0.2) is 9.97 Å². The van der Waals surface area contributed by atoms with Crippen LogP contribution in [0.1, 0.15) is 50.1 Å². The molecule has 1 aliphatic rings. The second-order valence-electron chi connectivity index (χ2n) is 9.75. The molecule has 1 N–H and O–H groups in total. The maximum Gasteiger partial charge on any atom is 0.433 e. The average Bonchev–Trinajstić information content (AvgIpc) is 2.83. The molecule has 0 radical (unpaired) electrons. The third-order valence-electron chi connectivity index (χ3n) is 6.64. The second kappa shape index (κ2) is 11.0. The van der Waals surface area contributed by atoms with Crippen molar-refractivity contribution in [1.29, 1.82) is 0 Å². The summed E-state index contributed by atoms with van der Waals surface area (Å²) in [5.74, 6) is 0.110. The zero-order valence-electron chi connectivity index (χ0n) is 21.8. The molecule has 10 heteroatoms. The van der Waals surface area contributed by atoms with Crippen LogP contribution in [0.15, 0.2) is 35.0 Å². The fourth-order valence-electron chi connectivity index (χ4n) is 4.49. The number of anilines is 1. The first-order valence-corrected chi connectivity index (χ1v) is 13.0. The fourth-order valence-corrected chi connectivity index (χ4v) is 5.08. The van der Waals surface area contributed by atoms with Crippen LogP contribution in [0.25, 0.3) is 6.08 Å². The molecule has 1 atom stereocenters. The number of ether oxygens (including phenoxy) is 1. The predicted octanol–water partition coefficient (Wildman–Crippen LogP) is 5.41. The van der Waals surface area contributed by atoms with Gasteiger partial charge in [0.2, 0.25) is 5.95 Å². The normalized spacial score (nSPS) is 18.4. The molecule has 1 aromatic heterocycles. The van der Waals surface area contributed by atoms with Crippen molar-refractivity contribution in [3.8, 4) is 0 Å². The number of alkyl halides is 3. The topological polar surface area (TPSA) is 61.7 Å². The van der Waals surface area contributed by atoms with Crippen molar-refractivity contribution in [2.75, 3.05) is 38.4 Å². The minimum absolute atomic E-state index is 0.0458. The Balaban J connectivity index is 2.11. The standard InChI is InChI=1S/C26H35F3N4O2S/c1-16(2)22-20(13-17-8-9-21(36-7)18(12-17)15-34)32(5)10-11-33(22)24-30-14-19(25(3,4)35-6)23(31-24)26(27,28)29/h8-9,12-14,16,22,34H,10-11,15H2,1-7H3/b20-13-. The van der Waals surface area contributed by atoms with Gasteiger partial charge in [0.15, 0.2) is 5.69 Å². The van der Waals surface area contributed by atoms with E-state index in [1.165, 1.54) is 13.3 Å². The Labute approximate surface area is 215 Å². The maximum atomic E-state index is 14.1. The van der Waals surface area contributed by atoms with Crippen molar-refractivity contribution in [2.45, 2.75) is 57.0 Å². The minimum Gasteiger partial charge on any atom is -0.392 e. The average molecular weight is 525 g/mol. The van der Waals surface area contributed by atoms with Crippen LogP contribution < -0.4 is 4.90 Å². The Morgan fingerprint density at radius 2 is 1.94 bits per heavy atom. The van der Waals surface area contributed by atoms with E-state index in [9.17, 15) is 18.3 Å². The Morgan fingerprint density at radius 1 is 1.25 bits per heavy atom. The zero-order valence-corrected chi connectivity index (χ0v) is 22.7. The zero-order chi connectivity index (χ0) is 26.8. The smallest absolute Gasteiger partial charge is 0.392 e. The molecule has 1 saturated heterocycles. The van der Waals surface area contributed by atoms with Gasteiger partial charge in [-0.3, -0.25) is 0 Å². The number of aliphatic hydroxyl groups is 1. The number of halogens is 3. The molecule has 198 valence electrons. The summed E-state index contributed by atoms with van der Waals surface area (Å²) in [5.41, 5.74) is 0.434. The van der Waals surface area contributed by atoms with Gasteiger partial charge in [0, 0.05) is 49.6 Å². The van der Waals surface area contributed by atoms with Crippen LogP contribution in [0.5, 0.6) is 0 Å². The van der Waals surface area contributed by atoms with Gasteiger partial charge < -0.3 is 19.6 Å². The van der Waals surface area contributed by atoms with E-state index in [0.717, 1.165) is 21.7 Å². The van der Waals surface area contributed by atoms with Crippen LogP contribution in [0.2, 0.25) is 0 Å². The van der Waals surface area contributed by atoms with Crippen molar-refractivity contribution in [2.24, 2.45) is 5.92 Å². The number of aromatic nitrogens is 2. The van der Waals surface area contributed by atoms with Gasteiger partial charge in [-0.05, 0) is 55.4 Å². The maximum absolute atomic E-state index is 14.1.